The quantitative estimate of drug-likeness (QED) is 0.902. The van der Waals surface area contributed by atoms with Gasteiger partial charge in [-0.3, -0.25) is 0 Å². The molecule has 1 fully saturated rings. The van der Waals surface area contributed by atoms with Gasteiger partial charge >= 0.3 is 0 Å². The minimum atomic E-state index is -0.745. The highest BCUT2D eigenvalue weighted by molar-refractivity contribution is 9.10. The molecule has 0 aliphatic carbocycles. The Morgan fingerprint density at radius 1 is 1.44 bits per heavy atom. The summed E-state index contributed by atoms with van der Waals surface area (Å²) in [6.07, 6.45) is 1.06. The molecule has 1 aliphatic rings. The van der Waals surface area contributed by atoms with Crippen LogP contribution in [0, 0.1) is 5.92 Å². The van der Waals surface area contributed by atoms with Gasteiger partial charge in [0.25, 0.3) is 0 Å². The molecule has 2 atom stereocenters. The van der Waals surface area contributed by atoms with E-state index in [0.717, 1.165) is 29.5 Å². The van der Waals surface area contributed by atoms with Gasteiger partial charge in [0.15, 0.2) is 0 Å². The van der Waals surface area contributed by atoms with Gasteiger partial charge in [0.1, 0.15) is 0 Å². The summed E-state index contributed by atoms with van der Waals surface area (Å²) in [5.74, 6) is 0.316. The third-order valence-corrected chi connectivity index (χ3v) is 4.30. The standard InChI is InChI=1S/C13H18BrNO/c1-13(16,10-7-8-15(2)9-10)11-5-3-4-6-12(11)14/h3-6,10,16H,7-9H2,1-2H3. The summed E-state index contributed by atoms with van der Waals surface area (Å²) in [5, 5.41) is 10.7. The maximum Gasteiger partial charge on any atom is 0.0920 e. The molecule has 0 bridgehead atoms. The van der Waals surface area contributed by atoms with E-state index in [-0.39, 0.29) is 0 Å². The van der Waals surface area contributed by atoms with Crippen molar-refractivity contribution in [2.75, 3.05) is 20.1 Å². The van der Waals surface area contributed by atoms with Crippen LogP contribution in [0.5, 0.6) is 0 Å². The summed E-state index contributed by atoms with van der Waals surface area (Å²) < 4.78 is 0.995. The molecule has 2 nitrogen and oxygen atoms in total. The number of aliphatic hydroxyl groups is 1. The Bertz CT molecular complexity index is 378. The predicted molar refractivity (Wildman–Crippen MR) is 69.3 cm³/mol. The van der Waals surface area contributed by atoms with Crippen LogP contribution in [-0.4, -0.2) is 30.1 Å². The van der Waals surface area contributed by atoms with Gasteiger partial charge in [0, 0.05) is 16.9 Å². The first kappa shape index (κ1) is 12.1. The first-order valence-corrected chi connectivity index (χ1v) is 6.47. The van der Waals surface area contributed by atoms with Crippen molar-refractivity contribution in [2.45, 2.75) is 18.9 Å². The van der Waals surface area contributed by atoms with Gasteiger partial charge in [-0.15, -0.1) is 0 Å². The van der Waals surface area contributed by atoms with Crippen molar-refractivity contribution in [1.29, 1.82) is 0 Å². The molecule has 1 N–H and O–H groups in total. The SMILES string of the molecule is CN1CCC(C(C)(O)c2ccccc2Br)C1. The van der Waals surface area contributed by atoms with E-state index in [0.29, 0.717) is 5.92 Å². The molecule has 1 aromatic carbocycles. The molecule has 0 saturated carbocycles. The molecule has 0 aromatic heterocycles. The number of likely N-dealkylation sites (tertiary alicyclic amines) is 1. The maximum atomic E-state index is 10.7. The van der Waals surface area contributed by atoms with E-state index in [9.17, 15) is 5.11 Å². The number of rotatable bonds is 2. The molecule has 16 heavy (non-hydrogen) atoms. The Hall–Kier alpha value is -0.380. The van der Waals surface area contributed by atoms with Gasteiger partial charge in [0.2, 0.25) is 0 Å². The first-order valence-electron chi connectivity index (χ1n) is 5.67. The fourth-order valence-electron chi connectivity index (χ4n) is 2.49. The van der Waals surface area contributed by atoms with Crippen molar-refractivity contribution >= 4 is 15.9 Å². The highest BCUT2D eigenvalue weighted by Crippen LogP contribution is 2.38. The second-order valence-electron chi connectivity index (χ2n) is 4.88. The van der Waals surface area contributed by atoms with E-state index in [1.165, 1.54) is 0 Å². The number of halogens is 1. The van der Waals surface area contributed by atoms with Crippen LogP contribution in [0.1, 0.15) is 18.9 Å². The Morgan fingerprint density at radius 3 is 2.69 bits per heavy atom. The van der Waals surface area contributed by atoms with E-state index >= 15 is 0 Å². The van der Waals surface area contributed by atoms with E-state index in [4.69, 9.17) is 0 Å². The maximum absolute atomic E-state index is 10.7. The number of hydrogen-bond donors (Lipinski definition) is 1. The Balaban J connectivity index is 2.28. The van der Waals surface area contributed by atoms with Gasteiger partial charge in [-0.1, -0.05) is 34.1 Å². The molecule has 2 unspecified atom stereocenters. The molecule has 0 amide bonds. The monoisotopic (exact) mass is 283 g/mol. The highest BCUT2D eigenvalue weighted by atomic mass is 79.9. The van der Waals surface area contributed by atoms with E-state index in [2.05, 4.69) is 27.9 Å². The fraction of sp³-hybridized carbons (Fsp3) is 0.538. The van der Waals surface area contributed by atoms with Crippen molar-refractivity contribution in [1.82, 2.24) is 4.90 Å². The molecule has 1 saturated heterocycles. The van der Waals surface area contributed by atoms with Crippen LogP contribution >= 0.6 is 15.9 Å². The smallest absolute Gasteiger partial charge is 0.0920 e. The van der Waals surface area contributed by atoms with E-state index in [1.807, 2.05) is 31.2 Å². The van der Waals surface area contributed by atoms with E-state index in [1.54, 1.807) is 0 Å². The zero-order valence-corrected chi connectivity index (χ0v) is 11.4. The van der Waals surface area contributed by atoms with Crippen molar-refractivity contribution in [3.63, 3.8) is 0 Å². The molecule has 0 spiro atoms. The molecular formula is C13H18BrNO. The summed E-state index contributed by atoms with van der Waals surface area (Å²) >= 11 is 3.52. The molecule has 3 heteroatoms. The second-order valence-corrected chi connectivity index (χ2v) is 5.73. The lowest BCUT2D eigenvalue weighted by molar-refractivity contribution is -0.00185. The summed E-state index contributed by atoms with van der Waals surface area (Å²) in [6, 6.07) is 7.95. The van der Waals surface area contributed by atoms with Crippen molar-refractivity contribution < 1.29 is 5.11 Å². The van der Waals surface area contributed by atoms with Crippen LogP contribution in [0.3, 0.4) is 0 Å². The lowest BCUT2D eigenvalue weighted by Gasteiger charge is -2.31. The Morgan fingerprint density at radius 2 is 2.12 bits per heavy atom. The van der Waals surface area contributed by atoms with Crippen molar-refractivity contribution in [3.05, 3.63) is 34.3 Å². The van der Waals surface area contributed by atoms with E-state index < -0.39 is 5.60 Å². The Kier molecular flexibility index (Phi) is 3.38. The predicted octanol–water partition coefficient (Wildman–Crippen LogP) is 2.61. The molecule has 0 radical (unpaired) electrons. The van der Waals surface area contributed by atoms with Gasteiger partial charge in [-0.25, -0.2) is 0 Å². The van der Waals surface area contributed by atoms with Crippen LogP contribution in [0.4, 0.5) is 0 Å². The van der Waals surface area contributed by atoms with Crippen LogP contribution in [-0.2, 0) is 5.60 Å². The summed E-state index contributed by atoms with van der Waals surface area (Å²) in [7, 11) is 2.11. The average molecular weight is 284 g/mol. The zero-order valence-electron chi connectivity index (χ0n) is 9.78. The highest BCUT2D eigenvalue weighted by Gasteiger charge is 2.38. The molecule has 2 rings (SSSR count). The first-order chi connectivity index (χ1) is 7.51. The zero-order chi connectivity index (χ0) is 11.8. The topological polar surface area (TPSA) is 23.5 Å². The Labute approximate surface area is 105 Å². The summed E-state index contributed by atoms with van der Waals surface area (Å²) in [6.45, 7) is 3.97. The lowest BCUT2D eigenvalue weighted by Crippen LogP contribution is -2.33. The largest absolute Gasteiger partial charge is 0.385 e. The third-order valence-electron chi connectivity index (χ3n) is 3.61. The molecular weight excluding hydrogens is 266 g/mol. The van der Waals surface area contributed by atoms with Gasteiger partial charge < -0.3 is 10.0 Å². The average Bonchev–Trinajstić information content (AvgIpc) is 2.66. The van der Waals surface area contributed by atoms with Gasteiger partial charge in [-0.05, 0) is 38.6 Å². The minimum Gasteiger partial charge on any atom is -0.385 e. The van der Waals surface area contributed by atoms with Crippen LogP contribution in [0.2, 0.25) is 0 Å². The summed E-state index contributed by atoms with van der Waals surface area (Å²) in [4.78, 5) is 2.27. The van der Waals surface area contributed by atoms with Gasteiger partial charge in [0.05, 0.1) is 5.60 Å². The van der Waals surface area contributed by atoms with Gasteiger partial charge in [-0.2, -0.15) is 0 Å². The molecule has 1 aliphatic heterocycles. The molecule has 88 valence electrons. The second kappa shape index (κ2) is 4.47. The number of nitrogens with zero attached hydrogens (tertiary/aromatic N) is 1. The minimum absolute atomic E-state index is 0.316. The van der Waals surface area contributed by atoms with Crippen LogP contribution in [0.15, 0.2) is 28.7 Å². The van der Waals surface area contributed by atoms with Crippen molar-refractivity contribution in [2.24, 2.45) is 5.92 Å². The number of hydrogen-bond acceptors (Lipinski definition) is 2. The van der Waals surface area contributed by atoms with Crippen LogP contribution in [0.25, 0.3) is 0 Å². The normalized spacial score (nSPS) is 25.6. The molecule has 1 aromatic rings. The summed E-state index contributed by atoms with van der Waals surface area (Å²) in [5.41, 5.74) is 0.250. The third kappa shape index (κ3) is 2.17. The number of benzene rings is 1. The molecule has 1 heterocycles. The van der Waals surface area contributed by atoms with Crippen molar-refractivity contribution in [3.8, 4) is 0 Å². The van der Waals surface area contributed by atoms with Crippen LogP contribution < -0.4 is 0 Å². The fourth-order valence-corrected chi connectivity index (χ4v) is 3.17. The lowest BCUT2D eigenvalue weighted by atomic mass is 9.82.